The van der Waals surface area contributed by atoms with Gasteiger partial charge in [-0.2, -0.15) is 0 Å². The van der Waals surface area contributed by atoms with Crippen molar-refractivity contribution in [1.82, 2.24) is 5.32 Å². The Balaban J connectivity index is 2.49. The van der Waals surface area contributed by atoms with Gasteiger partial charge in [0.2, 0.25) is 0 Å². The highest BCUT2D eigenvalue weighted by Gasteiger charge is 2.18. The number of aliphatic imine (C=N–C) groups is 1. The summed E-state index contributed by atoms with van der Waals surface area (Å²) in [7, 11) is 0. The molecule has 0 aromatic rings. The summed E-state index contributed by atoms with van der Waals surface area (Å²) in [4.78, 5) is 4.74. The minimum atomic E-state index is 0.594. The van der Waals surface area contributed by atoms with E-state index in [9.17, 15) is 0 Å². The number of hydrogen-bond donors (Lipinski definition) is 1. The third-order valence-electron chi connectivity index (χ3n) is 3.32. The minimum Gasteiger partial charge on any atom is -0.362 e. The summed E-state index contributed by atoms with van der Waals surface area (Å²) in [5, 5.41) is 4.62. The topological polar surface area (TPSA) is 24.4 Å². The molecule has 0 bridgehead atoms. The van der Waals surface area contributed by atoms with E-state index in [0.29, 0.717) is 12.0 Å². The van der Waals surface area contributed by atoms with Crippen LogP contribution >= 0.6 is 11.8 Å². The summed E-state index contributed by atoms with van der Waals surface area (Å²) in [5.74, 6) is 3.35. The summed E-state index contributed by atoms with van der Waals surface area (Å²) in [6, 6.07) is 0.594. The minimum absolute atomic E-state index is 0.594. The predicted octanol–water partition coefficient (Wildman–Crippen LogP) is 3.39. The second-order valence-corrected chi connectivity index (χ2v) is 6.56. The molecule has 1 rings (SSSR count). The van der Waals surface area contributed by atoms with E-state index in [1.165, 1.54) is 12.2 Å². The first-order chi connectivity index (χ1) is 7.50. The molecule has 0 aliphatic carbocycles. The first-order valence-corrected chi connectivity index (χ1v) is 7.43. The van der Waals surface area contributed by atoms with Gasteiger partial charge in [-0.1, -0.05) is 39.5 Å². The van der Waals surface area contributed by atoms with Gasteiger partial charge in [0.15, 0.2) is 5.17 Å². The summed E-state index contributed by atoms with van der Waals surface area (Å²) >= 11 is 1.87. The first-order valence-electron chi connectivity index (χ1n) is 6.44. The molecule has 0 aromatic heterocycles. The molecule has 0 aromatic carbocycles. The fraction of sp³-hybridized carbons (Fsp3) is 0.923. The highest BCUT2D eigenvalue weighted by Crippen LogP contribution is 2.22. The van der Waals surface area contributed by atoms with Crippen LogP contribution in [0.25, 0.3) is 0 Å². The lowest BCUT2D eigenvalue weighted by molar-refractivity contribution is 0.298. The molecule has 1 atom stereocenters. The van der Waals surface area contributed by atoms with Crippen LogP contribution < -0.4 is 5.32 Å². The standard InChI is InChI=1S/C13H26N2S/c1-9(2)12(10(3)4)8-14-13-15-11(5)6-7-16-13/h9-12H,6-8H2,1-5H3,(H,14,15). The van der Waals surface area contributed by atoms with Crippen LogP contribution in [0.15, 0.2) is 4.99 Å². The van der Waals surface area contributed by atoms with Crippen molar-refractivity contribution in [2.45, 2.75) is 47.1 Å². The van der Waals surface area contributed by atoms with Crippen molar-refractivity contribution in [3.8, 4) is 0 Å². The SMILES string of the molecule is CC1CCSC(=NCC(C(C)C)C(C)C)N1. The van der Waals surface area contributed by atoms with Crippen LogP contribution in [-0.4, -0.2) is 23.5 Å². The predicted molar refractivity (Wildman–Crippen MR) is 75.1 cm³/mol. The molecule has 1 unspecified atom stereocenters. The average molecular weight is 242 g/mol. The van der Waals surface area contributed by atoms with Gasteiger partial charge in [0, 0.05) is 18.3 Å². The van der Waals surface area contributed by atoms with Crippen molar-refractivity contribution in [1.29, 1.82) is 0 Å². The van der Waals surface area contributed by atoms with Gasteiger partial charge in [0.05, 0.1) is 0 Å². The molecular weight excluding hydrogens is 216 g/mol. The van der Waals surface area contributed by atoms with Crippen molar-refractivity contribution < 1.29 is 0 Å². The molecule has 1 aliphatic heterocycles. The zero-order valence-corrected chi connectivity index (χ0v) is 12.1. The van der Waals surface area contributed by atoms with E-state index in [2.05, 4.69) is 39.9 Å². The molecule has 0 radical (unpaired) electrons. The van der Waals surface area contributed by atoms with Crippen LogP contribution in [0.2, 0.25) is 0 Å². The van der Waals surface area contributed by atoms with Crippen LogP contribution in [0.4, 0.5) is 0 Å². The second kappa shape index (κ2) is 6.53. The van der Waals surface area contributed by atoms with E-state index in [1.54, 1.807) is 0 Å². The molecule has 1 aliphatic rings. The molecular formula is C13H26N2S. The molecule has 0 saturated carbocycles. The van der Waals surface area contributed by atoms with Crippen molar-refractivity contribution in [2.24, 2.45) is 22.7 Å². The maximum absolute atomic E-state index is 4.74. The molecule has 1 heterocycles. The van der Waals surface area contributed by atoms with Gasteiger partial charge in [0.1, 0.15) is 0 Å². The van der Waals surface area contributed by atoms with Gasteiger partial charge in [-0.3, -0.25) is 4.99 Å². The number of hydrogen-bond acceptors (Lipinski definition) is 2. The zero-order valence-electron chi connectivity index (χ0n) is 11.3. The van der Waals surface area contributed by atoms with Gasteiger partial charge >= 0.3 is 0 Å². The second-order valence-electron chi connectivity index (χ2n) is 5.48. The largest absolute Gasteiger partial charge is 0.362 e. The normalized spacial score (nSPS) is 24.5. The maximum atomic E-state index is 4.74. The fourth-order valence-electron chi connectivity index (χ4n) is 2.13. The van der Waals surface area contributed by atoms with Crippen LogP contribution in [0, 0.1) is 17.8 Å². The summed E-state index contributed by atoms with van der Waals surface area (Å²) in [5.41, 5.74) is 0. The Bertz CT molecular complexity index is 228. The molecule has 2 nitrogen and oxygen atoms in total. The number of amidine groups is 1. The summed E-state index contributed by atoms with van der Waals surface area (Å²) in [6.07, 6.45) is 1.25. The van der Waals surface area contributed by atoms with Crippen molar-refractivity contribution in [3.63, 3.8) is 0 Å². The van der Waals surface area contributed by atoms with E-state index in [1.807, 2.05) is 11.8 Å². The first kappa shape index (κ1) is 13.9. The van der Waals surface area contributed by atoms with Crippen molar-refractivity contribution >= 4 is 16.9 Å². The van der Waals surface area contributed by atoms with E-state index in [-0.39, 0.29) is 0 Å². The zero-order chi connectivity index (χ0) is 12.1. The van der Waals surface area contributed by atoms with Crippen LogP contribution in [0.5, 0.6) is 0 Å². The molecule has 1 saturated heterocycles. The highest BCUT2D eigenvalue weighted by molar-refractivity contribution is 8.13. The number of nitrogens with one attached hydrogen (secondary N) is 1. The number of thioether (sulfide) groups is 1. The molecule has 3 heteroatoms. The Morgan fingerprint density at radius 2 is 1.94 bits per heavy atom. The monoisotopic (exact) mass is 242 g/mol. The van der Waals surface area contributed by atoms with Gasteiger partial charge in [-0.15, -0.1) is 0 Å². The van der Waals surface area contributed by atoms with E-state index in [4.69, 9.17) is 4.99 Å². The highest BCUT2D eigenvalue weighted by atomic mass is 32.2. The van der Waals surface area contributed by atoms with Crippen LogP contribution in [0.1, 0.15) is 41.0 Å². The van der Waals surface area contributed by atoms with E-state index < -0.39 is 0 Å². The Morgan fingerprint density at radius 3 is 2.44 bits per heavy atom. The molecule has 1 fully saturated rings. The molecule has 0 amide bonds. The third-order valence-corrected chi connectivity index (χ3v) is 4.28. The smallest absolute Gasteiger partial charge is 0.156 e. The Labute approximate surface area is 105 Å². The lowest BCUT2D eigenvalue weighted by atomic mass is 9.86. The molecule has 94 valence electrons. The van der Waals surface area contributed by atoms with Crippen LogP contribution in [-0.2, 0) is 0 Å². The van der Waals surface area contributed by atoms with Crippen molar-refractivity contribution in [2.75, 3.05) is 12.3 Å². The molecule has 0 spiro atoms. The van der Waals surface area contributed by atoms with Crippen molar-refractivity contribution in [3.05, 3.63) is 0 Å². The Hall–Kier alpha value is -0.180. The number of nitrogens with zero attached hydrogens (tertiary/aromatic N) is 1. The lowest BCUT2D eigenvalue weighted by Crippen LogP contribution is -2.36. The van der Waals surface area contributed by atoms with E-state index >= 15 is 0 Å². The summed E-state index contributed by atoms with van der Waals surface area (Å²) < 4.78 is 0. The summed E-state index contributed by atoms with van der Waals surface area (Å²) in [6.45, 7) is 12.4. The quantitative estimate of drug-likeness (QED) is 0.817. The lowest BCUT2D eigenvalue weighted by Gasteiger charge is -2.25. The Morgan fingerprint density at radius 1 is 1.31 bits per heavy atom. The maximum Gasteiger partial charge on any atom is 0.156 e. The van der Waals surface area contributed by atoms with Gasteiger partial charge in [-0.05, 0) is 31.1 Å². The third kappa shape index (κ3) is 4.36. The Kier molecular flexibility index (Phi) is 5.67. The van der Waals surface area contributed by atoms with Gasteiger partial charge < -0.3 is 5.32 Å². The van der Waals surface area contributed by atoms with E-state index in [0.717, 1.165) is 23.5 Å². The number of rotatable bonds is 4. The van der Waals surface area contributed by atoms with Gasteiger partial charge in [-0.25, -0.2) is 0 Å². The molecule has 1 N–H and O–H groups in total. The molecule has 16 heavy (non-hydrogen) atoms. The van der Waals surface area contributed by atoms with Crippen LogP contribution in [0.3, 0.4) is 0 Å². The van der Waals surface area contributed by atoms with Gasteiger partial charge in [0.25, 0.3) is 0 Å². The average Bonchev–Trinajstić information content (AvgIpc) is 2.16. The fourth-order valence-corrected chi connectivity index (χ4v) is 3.24.